The first-order chi connectivity index (χ1) is 12.2. The zero-order valence-electron chi connectivity index (χ0n) is 14.0. The van der Waals surface area contributed by atoms with Gasteiger partial charge in [-0.2, -0.15) is 4.72 Å². The second kappa shape index (κ2) is 8.93. The van der Waals surface area contributed by atoms with E-state index >= 15 is 0 Å². The Kier molecular flexibility index (Phi) is 7.38. The van der Waals surface area contributed by atoms with Gasteiger partial charge in [-0.1, -0.05) is 23.7 Å². The zero-order valence-corrected chi connectivity index (χ0v) is 17.3. The van der Waals surface area contributed by atoms with Crippen LogP contribution in [-0.2, 0) is 23.6 Å². The fraction of sp³-hybridized carbons (Fsp3) is 0.333. The monoisotopic (exact) mass is 441 g/mol. The highest BCUT2D eigenvalue weighted by Gasteiger charge is 2.40. The lowest BCUT2D eigenvalue weighted by atomic mass is 10.2. The molecule has 0 amide bonds. The first-order valence-corrected chi connectivity index (χ1v) is 11.9. The highest BCUT2D eigenvalue weighted by molar-refractivity contribution is 7.92. The van der Waals surface area contributed by atoms with Crippen molar-refractivity contribution in [1.82, 2.24) is 4.72 Å². The molecule has 2 aromatic rings. The van der Waals surface area contributed by atoms with E-state index in [0.29, 0.717) is 4.34 Å². The van der Waals surface area contributed by atoms with Crippen LogP contribution >= 0.6 is 30.5 Å². The maximum absolute atomic E-state index is 13.3. The van der Waals surface area contributed by atoms with Crippen LogP contribution in [0.25, 0.3) is 0 Å². The quantitative estimate of drug-likeness (QED) is 0.566. The first-order valence-electron chi connectivity index (χ1n) is 7.63. The van der Waals surface area contributed by atoms with E-state index in [4.69, 9.17) is 20.6 Å². The van der Waals surface area contributed by atoms with Crippen LogP contribution in [0.4, 0.5) is 4.39 Å². The lowest BCUT2D eigenvalue weighted by molar-refractivity contribution is 0.210. The predicted octanol–water partition coefficient (Wildman–Crippen LogP) is 4.78. The van der Waals surface area contributed by atoms with Gasteiger partial charge in [0.05, 0.1) is 17.6 Å². The Morgan fingerprint density at radius 3 is 2.19 bits per heavy atom. The van der Waals surface area contributed by atoms with Crippen molar-refractivity contribution in [3.05, 3.63) is 52.1 Å². The van der Waals surface area contributed by atoms with Gasteiger partial charge in [0.1, 0.15) is 15.8 Å². The molecule has 6 nitrogen and oxygen atoms in total. The third-order valence-corrected chi connectivity index (χ3v) is 8.82. The molecule has 1 atom stereocenters. The van der Waals surface area contributed by atoms with Gasteiger partial charge < -0.3 is 9.05 Å². The third-order valence-electron chi connectivity index (χ3n) is 3.20. The van der Waals surface area contributed by atoms with E-state index in [2.05, 4.69) is 4.72 Å². The summed E-state index contributed by atoms with van der Waals surface area (Å²) in [5.41, 5.74) is 0.253. The van der Waals surface area contributed by atoms with E-state index in [1.54, 1.807) is 13.8 Å². The van der Waals surface area contributed by atoms with Crippen molar-refractivity contribution in [3.8, 4) is 0 Å². The number of nitrogens with one attached hydrogen (secondary N) is 1. The maximum atomic E-state index is 13.3. The molecule has 0 saturated heterocycles. The number of halogens is 2. The van der Waals surface area contributed by atoms with Crippen LogP contribution < -0.4 is 4.72 Å². The first kappa shape index (κ1) is 21.5. The normalized spacial score (nSPS) is 13.7. The SMILES string of the molecule is CCOP(=O)(OCC)C(NS(=O)(=O)c1ccc(Cl)s1)c1ccc(F)cc1. The number of thiophene rings is 1. The van der Waals surface area contributed by atoms with Crippen LogP contribution in [0, 0.1) is 5.82 Å². The van der Waals surface area contributed by atoms with Crippen LogP contribution in [0.2, 0.25) is 4.34 Å². The molecule has 1 unspecified atom stereocenters. The molecule has 1 heterocycles. The summed E-state index contributed by atoms with van der Waals surface area (Å²) in [4.78, 5) is 0. The fourth-order valence-electron chi connectivity index (χ4n) is 2.15. The molecular weight excluding hydrogens is 424 g/mol. The van der Waals surface area contributed by atoms with Crippen LogP contribution in [0.15, 0.2) is 40.6 Å². The topological polar surface area (TPSA) is 81.7 Å². The van der Waals surface area contributed by atoms with Gasteiger partial charge in [-0.3, -0.25) is 4.57 Å². The Hall–Kier alpha value is -0.800. The lowest BCUT2D eigenvalue weighted by Crippen LogP contribution is -2.29. The number of sulfonamides is 1. The van der Waals surface area contributed by atoms with Gasteiger partial charge in [-0.25, -0.2) is 12.8 Å². The third kappa shape index (κ3) is 5.13. The number of hydrogen-bond donors (Lipinski definition) is 1. The van der Waals surface area contributed by atoms with Gasteiger partial charge in [0, 0.05) is 0 Å². The minimum atomic E-state index is -4.06. The van der Waals surface area contributed by atoms with Crippen molar-refractivity contribution in [3.63, 3.8) is 0 Å². The molecule has 0 fully saturated rings. The molecule has 11 heteroatoms. The van der Waals surface area contributed by atoms with Crippen LogP contribution in [0.1, 0.15) is 25.2 Å². The molecule has 1 aromatic carbocycles. The average molecular weight is 442 g/mol. The molecule has 0 aliphatic heterocycles. The minimum absolute atomic E-state index is 0.0432. The van der Waals surface area contributed by atoms with Gasteiger partial charge in [-0.15, -0.1) is 11.3 Å². The number of rotatable bonds is 9. The molecule has 2 rings (SSSR count). The summed E-state index contributed by atoms with van der Waals surface area (Å²) in [6, 6.07) is 7.71. The van der Waals surface area contributed by atoms with E-state index in [-0.39, 0.29) is 23.0 Å². The molecule has 0 bridgehead atoms. The molecular formula is C15H18ClFNO5PS2. The smallest absolute Gasteiger partial charge is 0.308 e. The standard InChI is InChI=1S/C15H18ClFNO5PS2/c1-3-22-24(19,23-4-2)15(11-5-7-12(17)8-6-11)18-26(20,21)14-10-9-13(16)25-14/h5-10,15,18H,3-4H2,1-2H3. The summed E-state index contributed by atoms with van der Waals surface area (Å²) in [5.74, 6) is -1.85. The Morgan fingerprint density at radius 2 is 1.73 bits per heavy atom. The Bertz CT molecular complexity index is 878. The summed E-state index contributed by atoms with van der Waals surface area (Å²) in [5, 5.41) is 0. The highest BCUT2D eigenvalue weighted by atomic mass is 35.5. The van der Waals surface area contributed by atoms with E-state index in [1.165, 1.54) is 24.3 Å². The Balaban J connectivity index is 2.49. The molecule has 0 saturated carbocycles. The van der Waals surface area contributed by atoms with Crippen molar-refractivity contribution in [2.75, 3.05) is 13.2 Å². The van der Waals surface area contributed by atoms with Gasteiger partial charge in [0.25, 0.3) is 10.0 Å². The maximum Gasteiger partial charge on any atom is 0.352 e. The van der Waals surface area contributed by atoms with Crippen LogP contribution in [0.3, 0.4) is 0 Å². The second-order valence-electron chi connectivity index (χ2n) is 5.01. The molecule has 26 heavy (non-hydrogen) atoms. The number of benzene rings is 1. The van der Waals surface area contributed by atoms with Gasteiger partial charge in [0.15, 0.2) is 0 Å². The molecule has 1 aromatic heterocycles. The lowest BCUT2D eigenvalue weighted by Gasteiger charge is -2.27. The number of hydrogen-bond acceptors (Lipinski definition) is 6. The molecule has 0 aliphatic carbocycles. The van der Waals surface area contributed by atoms with E-state index < -0.39 is 29.2 Å². The summed E-state index contributed by atoms with van der Waals surface area (Å²) in [7, 11) is -7.98. The van der Waals surface area contributed by atoms with Gasteiger partial charge >= 0.3 is 7.60 Å². The summed E-state index contributed by atoms with van der Waals surface area (Å²) in [6.07, 6.45) is 0. The Morgan fingerprint density at radius 1 is 1.15 bits per heavy atom. The van der Waals surface area contributed by atoms with Crippen molar-refractivity contribution in [1.29, 1.82) is 0 Å². The van der Waals surface area contributed by atoms with Gasteiger partial charge in [-0.05, 0) is 43.7 Å². The van der Waals surface area contributed by atoms with E-state index in [1.807, 2.05) is 0 Å². The molecule has 0 aliphatic rings. The molecule has 144 valence electrons. The minimum Gasteiger partial charge on any atom is -0.308 e. The van der Waals surface area contributed by atoms with E-state index in [9.17, 15) is 17.4 Å². The van der Waals surface area contributed by atoms with E-state index in [0.717, 1.165) is 23.5 Å². The summed E-state index contributed by atoms with van der Waals surface area (Å²) >= 11 is 6.66. The predicted molar refractivity (Wildman–Crippen MR) is 99.7 cm³/mol. The van der Waals surface area contributed by atoms with Crippen LogP contribution in [-0.4, -0.2) is 21.6 Å². The van der Waals surface area contributed by atoms with Crippen molar-refractivity contribution < 1.29 is 26.4 Å². The largest absolute Gasteiger partial charge is 0.352 e. The van der Waals surface area contributed by atoms with Crippen molar-refractivity contribution in [2.24, 2.45) is 0 Å². The molecule has 1 N–H and O–H groups in total. The second-order valence-corrected chi connectivity index (χ2v) is 10.8. The van der Waals surface area contributed by atoms with Crippen molar-refractivity contribution in [2.45, 2.75) is 23.8 Å². The molecule has 0 spiro atoms. The fourth-order valence-corrected chi connectivity index (χ4v) is 7.28. The Labute approximate surface area is 160 Å². The average Bonchev–Trinajstić information content (AvgIpc) is 3.01. The summed E-state index contributed by atoms with van der Waals surface area (Å²) in [6.45, 7) is 3.31. The van der Waals surface area contributed by atoms with Gasteiger partial charge in [0.2, 0.25) is 0 Å². The molecule has 0 radical (unpaired) electrons. The van der Waals surface area contributed by atoms with Crippen molar-refractivity contribution >= 4 is 40.6 Å². The summed E-state index contributed by atoms with van der Waals surface area (Å²) < 4.78 is 65.1. The van der Waals surface area contributed by atoms with Crippen LogP contribution in [0.5, 0.6) is 0 Å². The zero-order chi connectivity index (χ0) is 19.4. The highest BCUT2D eigenvalue weighted by Crippen LogP contribution is 2.60.